The molecule has 10 heavy (non-hydrogen) atoms. The second kappa shape index (κ2) is 4.14. The summed E-state index contributed by atoms with van der Waals surface area (Å²) in [6.07, 6.45) is -0.271. The predicted molar refractivity (Wildman–Crippen MR) is 39.9 cm³/mol. The summed E-state index contributed by atoms with van der Waals surface area (Å²) < 4.78 is 4.72. The van der Waals surface area contributed by atoms with Gasteiger partial charge < -0.3 is 10.1 Å². The van der Waals surface area contributed by atoms with Gasteiger partial charge in [0.15, 0.2) is 0 Å². The van der Waals surface area contributed by atoms with Crippen molar-refractivity contribution in [1.82, 2.24) is 5.32 Å². The Morgan fingerprint density at radius 3 is 2.00 bits per heavy atom. The van der Waals surface area contributed by atoms with Gasteiger partial charge in [0.2, 0.25) is 0 Å². The maximum atomic E-state index is 10.3. The van der Waals surface area contributed by atoms with Crippen molar-refractivity contribution in [3.8, 4) is 0 Å². The molecule has 2 unspecified atom stereocenters. The van der Waals surface area contributed by atoms with Crippen LogP contribution in [-0.4, -0.2) is 18.2 Å². The number of amides is 1. The number of cyclic esters (lactones) is 1. The first-order chi connectivity index (χ1) is 4.70. The van der Waals surface area contributed by atoms with Gasteiger partial charge in [0.05, 0.1) is 6.04 Å². The highest BCUT2D eigenvalue weighted by Crippen LogP contribution is 2.05. The van der Waals surface area contributed by atoms with Crippen molar-refractivity contribution in [1.29, 1.82) is 0 Å². The lowest BCUT2D eigenvalue weighted by atomic mass is 10.2. The minimum absolute atomic E-state index is 0.0301. The molecular weight excluding hydrogens is 130 g/mol. The monoisotopic (exact) mass is 145 g/mol. The molecule has 1 aliphatic rings. The molecule has 0 radical (unpaired) electrons. The zero-order chi connectivity index (χ0) is 8.15. The number of ether oxygens (including phenoxy) is 1. The molecule has 0 aromatic rings. The van der Waals surface area contributed by atoms with Gasteiger partial charge in [-0.25, -0.2) is 4.79 Å². The zero-order valence-electron chi connectivity index (χ0n) is 6.97. The lowest BCUT2D eigenvalue weighted by molar-refractivity contribution is 0.142. The molecule has 1 heterocycles. The number of nitrogens with one attached hydrogen (secondary N) is 1. The summed E-state index contributed by atoms with van der Waals surface area (Å²) in [5.74, 6) is 0. The molecule has 0 bridgehead atoms. The lowest BCUT2D eigenvalue weighted by Crippen LogP contribution is -2.25. The maximum Gasteiger partial charge on any atom is 0.407 e. The van der Waals surface area contributed by atoms with Gasteiger partial charge in [0, 0.05) is 0 Å². The smallest absolute Gasteiger partial charge is 0.407 e. The highest BCUT2D eigenvalue weighted by atomic mass is 16.6. The quantitative estimate of drug-likeness (QED) is 0.561. The van der Waals surface area contributed by atoms with E-state index >= 15 is 0 Å². The summed E-state index contributed by atoms with van der Waals surface area (Å²) in [4.78, 5) is 10.3. The first-order valence-electron chi connectivity index (χ1n) is 3.67. The number of carbonyl (C=O) groups is 1. The summed E-state index contributed by atoms with van der Waals surface area (Å²) in [6.45, 7) is 7.78. The highest BCUT2D eigenvalue weighted by molar-refractivity contribution is 5.69. The molecule has 1 amide bonds. The Hall–Kier alpha value is -0.730. The standard InChI is InChI=1S/C5H9NO2.C2H6/c1-3-4(2)8-5(7)6-3;1-2/h3-4H,1-2H3,(H,6,7);1-2H3. The molecule has 1 N–H and O–H groups in total. The third-order valence-corrected chi connectivity index (χ3v) is 1.34. The van der Waals surface area contributed by atoms with E-state index in [0.29, 0.717) is 0 Å². The number of rotatable bonds is 0. The van der Waals surface area contributed by atoms with E-state index in [4.69, 9.17) is 4.74 Å². The number of hydrogen-bond acceptors (Lipinski definition) is 2. The molecule has 3 nitrogen and oxygen atoms in total. The van der Waals surface area contributed by atoms with E-state index in [9.17, 15) is 4.79 Å². The first-order valence-corrected chi connectivity index (χ1v) is 3.67. The van der Waals surface area contributed by atoms with E-state index in [1.54, 1.807) is 0 Å². The van der Waals surface area contributed by atoms with Crippen molar-refractivity contribution in [2.45, 2.75) is 39.8 Å². The van der Waals surface area contributed by atoms with E-state index in [1.165, 1.54) is 0 Å². The molecule has 1 rings (SSSR count). The van der Waals surface area contributed by atoms with Gasteiger partial charge in [-0.05, 0) is 13.8 Å². The second-order valence-electron chi connectivity index (χ2n) is 2.04. The van der Waals surface area contributed by atoms with Crippen LogP contribution in [0.15, 0.2) is 0 Å². The second-order valence-corrected chi connectivity index (χ2v) is 2.04. The molecule has 0 saturated carbocycles. The van der Waals surface area contributed by atoms with Crippen molar-refractivity contribution in [2.24, 2.45) is 0 Å². The molecule has 3 heteroatoms. The van der Waals surface area contributed by atoms with Gasteiger partial charge in [-0.2, -0.15) is 0 Å². The van der Waals surface area contributed by atoms with Crippen LogP contribution >= 0.6 is 0 Å². The first kappa shape index (κ1) is 9.27. The lowest BCUT2D eigenvalue weighted by Gasteiger charge is -2.02. The molecule has 60 valence electrons. The van der Waals surface area contributed by atoms with Gasteiger partial charge in [0.1, 0.15) is 6.10 Å². The Kier molecular flexibility index (Phi) is 3.84. The largest absolute Gasteiger partial charge is 0.444 e. The van der Waals surface area contributed by atoms with Crippen LogP contribution in [0.2, 0.25) is 0 Å². The van der Waals surface area contributed by atoms with Crippen LogP contribution in [0.1, 0.15) is 27.7 Å². The fourth-order valence-electron chi connectivity index (χ4n) is 0.608. The summed E-state index contributed by atoms with van der Waals surface area (Å²) in [7, 11) is 0. The fourth-order valence-corrected chi connectivity index (χ4v) is 0.608. The van der Waals surface area contributed by atoms with Crippen LogP contribution < -0.4 is 5.32 Å². The third-order valence-electron chi connectivity index (χ3n) is 1.34. The van der Waals surface area contributed by atoms with Crippen molar-refractivity contribution in [3.05, 3.63) is 0 Å². The maximum absolute atomic E-state index is 10.3. The summed E-state index contributed by atoms with van der Waals surface area (Å²) >= 11 is 0. The molecule has 0 aliphatic carbocycles. The van der Waals surface area contributed by atoms with Gasteiger partial charge in [-0.3, -0.25) is 0 Å². The Morgan fingerprint density at radius 2 is 1.90 bits per heavy atom. The third kappa shape index (κ3) is 2.25. The summed E-state index contributed by atoms with van der Waals surface area (Å²) in [6, 6.07) is 0.169. The van der Waals surface area contributed by atoms with E-state index < -0.39 is 0 Å². The normalized spacial score (nSPS) is 29.8. The van der Waals surface area contributed by atoms with Crippen LogP contribution in [0, 0.1) is 0 Å². The highest BCUT2D eigenvalue weighted by Gasteiger charge is 2.25. The van der Waals surface area contributed by atoms with Crippen molar-refractivity contribution >= 4 is 6.09 Å². The van der Waals surface area contributed by atoms with Crippen molar-refractivity contribution in [3.63, 3.8) is 0 Å². The Bertz CT molecular complexity index is 102. The van der Waals surface area contributed by atoms with Gasteiger partial charge >= 0.3 is 6.09 Å². The van der Waals surface area contributed by atoms with Crippen molar-refractivity contribution < 1.29 is 9.53 Å². The molecular formula is C7H15NO2. The van der Waals surface area contributed by atoms with E-state index in [2.05, 4.69) is 5.32 Å². The van der Waals surface area contributed by atoms with Gasteiger partial charge in [-0.1, -0.05) is 13.8 Å². The molecule has 0 aromatic heterocycles. The van der Waals surface area contributed by atoms with Crippen LogP contribution in [0.5, 0.6) is 0 Å². The van der Waals surface area contributed by atoms with Crippen LogP contribution in [-0.2, 0) is 4.74 Å². The molecule has 1 saturated heterocycles. The average molecular weight is 145 g/mol. The van der Waals surface area contributed by atoms with Crippen LogP contribution in [0.3, 0.4) is 0 Å². The number of alkyl carbamates (subject to hydrolysis) is 1. The van der Waals surface area contributed by atoms with E-state index in [0.717, 1.165) is 0 Å². The van der Waals surface area contributed by atoms with Crippen molar-refractivity contribution in [2.75, 3.05) is 0 Å². The average Bonchev–Trinajstić information content (AvgIpc) is 2.16. The van der Waals surface area contributed by atoms with E-state index in [1.807, 2.05) is 27.7 Å². The van der Waals surface area contributed by atoms with E-state index in [-0.39, 0.29) is 18.2 Å². The SMILES string of the molecule is CC.CC1NC(=O)OC1C. The Labute approximate surface area is 61.8 Å². The Morgan fingerprint density at radius 1 is 1.40 bits per heavy atom. The number of hydrogen-bond donors (Lipinski definition) is 1. The minimum atomic E-state index is -0.301. The van der Waals surface area contributed by atoms with Gasteiger partial charge in [-0.15, -0.1) is 0 Å². The topological polar surface area (TPSA) is 38.3 Å². The molecule has 1 aliphatic heterocycles. The molecule has 0 spiro atoms. The van der Waals surface area contributed by atoms with Crippen LogP contribution in [0.4, 0.5) is 4.79 Å². The predicted octanol–water partition coefficient (Wildman–Crippen LogP) is 1.53. The fraction of sp³-hybridized carbons (Fsp3) is 0.857. The van der Waals surface area contributed by atoms with Crippen LogP contribution in [0.25, 0.3) is 0 Å². The zero-order valence-corrected chi connectivity index (χ0v) is 6.97. The minimum Gasteiger partial charge on any atom is -0.444 e. The molecule has 0 aromatic carbocycles. The van der Waals surface area contributed by atoms with Gasteiger partial charge in [0.25, 0.3) is 0 Å². The molecule has 1 fully saturated rings. The number of carbonyl (C=O) groups excluding carboxylic acids is 1. The Balaban J connectivity index is 0.000000371. The summed E-state index contributed by atoms with van der Waals surface area (Å²) in [5.41, 5.74) is 0. The molecule has 2 atom stereocenters. The summed E-state index contributed by atoms with van der Waals surface area (Å²) in [5, 5.41) is 2.61.